The molecule has 0 spiro atoms. The van der Waals surface area contributed by atoms with Gasteiger partial charge in [-0.1, -0.05) is 12.1 Å². The van der Waals surface area contributed by atoms with Crippen LogP contribution in [0.4, 0.5) is 9.18 Å². The summed E-state index contributed by atoms with van der Waals surface area (Å²) in [6, 6.07) is 5.98. The molecule has 0 N–H and O–H groups in total. The molecule has 0 aliphatic carbocycles. The number of nitrogens with zero attached hydrogens (tertiary/aromatic N) is 1. The van der Waals surface area contributed by atoms with Gasteiger partial charge < -0.3 is 14.4 Å². The van der Waals surface area contributed by atoms with Crippen LogP contribution in [0.2, 0.25) is 0 Å². The maximum absolute atomic E-state index is 13.4. The molecule has 1 fully saturated rings. The number of benzene rings is 1. The van der Waals surface area contributed by atoms with Crippen molar-refractivity contribution in [3.8, 4) is 0 Å². The molecule has 5 heteroatoms. The molecular weight excluding hydrogens is 273 g/mol. The molecule has 0 unspecified atom stereocenters. The first kappa shape index (κ1) is 15.5. The Balaban J connectivity index is 2.18. The summed E-state index contributed by atoms with van der Waals surface area (Å²) in [5.41, 5.74) is -0.829. The van der Waals surface area contributed by atoms with E-state index in [2.05, 4.69) is 0 Å². The lowest BCUT2D eigenvalue weighted by atomic mass is 9.81. The van der Waals surface area contributed by atoms with Gasteiger partial charge in [0.05, 0.1) is 5.41 Å². The van der Waals surface area contributed by atoms with Crippen LogP contribution in [0.1, 0.15) is 32.8 Å². The van der Waals surface area contributed by atoms with E-state index in [0.29, 0.717) is 18.5 Å². The minimum Gasteiger partial charge on any atom is -0.444 e. The summed E-state index contributed by atoms with van der Waals surface area (Å²) in [5.74, 6) is -0.385. The number of hydrogen-bond acceptors (Lipinski definition) is 3. The maximum Gasteiger partial charge on any atom is 0.410 e. The SMILES string of the molecule is CC(C)(C)OC(=O)N1CC[C@@](C=O)(c2cccc(F)c2)C1. The van der Waals surface area contributed by atoms with Crippen LogP contribution in [-0.4, -0.2) is 36.0 Å². The Hall–Kier alpha value is -1.91. The highest BCUT2D eigenvalue weighted by atomic mass is 19.1. The van der Waals surface area contributed by atoms with Crippen molar-refractivity contribution >= 4 is 12.4 Å². The van der Waals surface area contributed by atoms with E-state index in [1.165, 1.54) is 17.0 Å². The van der Waals surface area contributed by atoms with E-state index in [1.54, 1.807) is 32.9 Å². The van der Waals surface area contributed by atoms with Gasteiger partial charge in [0.1, 0.15) is 17.7 Å². The quantitative estimate of drug-likeness (QED) is 0.788. The Morgan fingerprint density at radius 2 is 2.14 bits per heavy atom. The third-order valence-corrected chi connectivity index (χ3v) is 3.58. The fourth-order valence-electron chi connectivity index (χ4n) is 2.51. The minimum atomic E-state index is -0.848. The first-order chi connectivity index (χ1) is 9.76. The Morgan fingerprint density at radius 3 is 2.71 bits per heavy atom. The molecule has 1 aliphatic heterocycles. The van der Waals surface area contributed by atoms with Gasteiger partial charge in [-0.2, -0.15) is 0 Å². The van der Waals surface area contributed by atoms with Crippen LogP contribution in [0, 0.1) is 5.82 Å². The van der Waals surface area contributed by atoms with Gasteiger partial charge in [-0.05, 0) is 44.9 Å². The molecule has 1 aromatic carbocycles. The topological polar surface area (TPSA) is 46.6 Å². The summed E-state index contributed by atoms with van der Waals surface area (Å²) in [6.45, 7) is 6.01. The normalized spacial score (nSPS) is 22.2. The van der Waals surface area contributed by atoms with E-state index in [9.17, 15) is 14.0 Å². The molecule has 0 aromatic heterocycles. The smallest absolute Gasteiger partial charge is 0.410 e. The van der Waals surface area contributed by atoms with Gasteiger partial charge in [0, 0.05) is 13.1 Å². The average Bonchev–Trinajstić information content (AvgIpc) is 2.82. The summed E-state index contributed by atoms with van der Waals surface area (Å²) >= 11 is 0. The van der Waals surface area contributed by atoms with Crippen molar-refractivity contribution in [3.63, 3.8) is 0 Å². The molecule has 21 heavy (non-hydrogen) atoms. The molecule has 114 valence electrons. The van der Waals surface area contributed by atoms with Gasteiger partial charge >= 0.3 is 6.09 Å². The molecule has 0 bridgehead atoms. The van der Waals surface area contributed by atoms with Gasteiger partial charge in [0.15, 0.2) is 0 Å². The second-order valence-electron chi connectivity index (χ2n) is 6.44. The molecule has 1 aromatic rings. The van der Waals surface area contributed by atoms with Crippen molar-refractivity contribution in [1.82, 2.24) is 4.90 Å². The van der Waals surface area contributed by atoms with Crippen molar-refractivity contribution in [1.29, 1.82) is 0 Å². The highest BCUT2D eigenvalue weighted by molar-refractivity contribution is 5.75. The van der Waals surface area contributed by atoms with Crippen LogP contribution in [-0.2, 0) is 14.9 Å². The van der Waals surface area contributed by atoms with Crippen molar-refractivity contribution in [3.05, 3.63) is 35.6 Å². The Kier molecular flexibility index (Phi) is 4.03. The molecule has 1 atom stereocenters. The lowest BCUT2D eigenvalue weighted by Crippen LogP contribution is -2.38. The predicted molar refractivity (Wildman–Crippen MR) is 76.6 cm³/mol. The van der Waals surface area contributed by atoms with Crippen LogP contribution in [0.5, 0.6) is 0 Å². The molecule has 1 saturated heterocycles. The standard InChI is InChI=1S/C16H20FNO3/c1-15(2,3)21-14(20)18-8-7-16(10-18,11-19)12-5-4-6-13(17)9-12/h4-6,9,11H,7-8,10H2,1-3H3/t16-/m1/s1. The van der Waals surface area contributed by atoms with Crippen LogP contribution in [0.15, 0.2) is 24.3 Å². The fraction of sp³-hybridized carbons (Fsp3) is 0.500. The Labute approximate surface area is 123 Å². The molecule has 1 aliphatic rings. The Bertz CT molecular complexity index is 553. The number of halogens is 1. The monoisotopic (exact) mass is 293 g/mol. The van der Waals surface area contributed by atoms with Crippen LogP contribution >= 0.6 is 0 Å². The minimum absolute atomic E-state index is 0.217. The fourth-order valence-corrected chi connectivity index (χ4v) is 2.51. The third-order valence-electron chi connectivity index (χ3n) is 3.58. The van der Waals surface area contributed by atoms with Gasteiger partial charge in [0.25, 0.3) is 0 Å². The van der Waals surface area contributed by atoms with Crippen molar-refractivity contribution in [2.75, 3.05) is 13.1 Å². The summed E-state index contributed by atoms with van der Waals surface area (Å²) in [7, 11) is 0. The molecule has 0 saturated carbocycles. The van der Waals surface area contributed by atoms with Gasteiger partial charge in [-0.25, -0.2) is 9.18 Å². The number of amides is 1. The number of hydrogen-bond donors (Lipinski definition) is 0. The zero-order valence-corrected chi connectivity index (χ0v) is 12.6. The first-order valence-corrected chi connectivity index (χ1v) is 6.96. The van der Waals surface area contributed by atoms with E-state index < -0.39 is 17.1 Å². The van der Waals surface area contributed by atoms with Gasteiger partial charge in [-0.3, -0.25) is 0 Å². The molecule has 1 amide bonds. The van der Waals surface area contributed by atoms with E-state index in [0.717, 1.165) is 6.29 Å². The molecule has 2 rings (SSSR count). The van der Waals surface area contributed by atoms with Crippen molar-refractivity contribution in [2.24, 2.45) is 0 Å². The van der Waals surface area contributed by atoms with E-state index in [-0.39, 0.29) is 12.4 Å². The highest BCUT2D eigenvalue weighted by Crippen LogP contribution is 2.33. The zero-order chi connectivity index (χ0) is 15.7. The first-order valence-electron chi connectivity index (χ1n) is 6.96. The Morgan fingerprint density at radius 1 is 1.43 bits per heavy atom. The van der Waals surface area contributed by atoms with Crippen LogP contribution in [0.3, 0.4) is 0 Å². The van der Waals surface area contributed by atoms with Crippen molar-refractivity contribution in [2.45, 2.75) is 38.2 Å². The maximum atomic E-state index is 13.4. The average molecular weight is 293 g/mol. The summed E-state index contributed by atoms with van der Waals surface area (Å²) in [6.07, 6.45) is 0.841. The zero-order valence-electron chi connectivity index (χ0n) is 12.6. The summed E-state index contributed by atoms with van der Waals surface area (Å²) < 4.78 is 18.7. The second-order valence-corrected chi connectivity index (χ2v) is 6.44. The number of carbonyl (C=O) groups excluding carboxylic acids is 2. The van der Waals surface area contributed by atoms with Gasteiger partial charge in [0.2, 0.25) is 0 Å². The lowest BCUT2D eigenvalue weighted by molar-refractivity contribution is -0.112. The van der Waals surface area contributed by atoms with Crippen LogP contribution < -0.4 is 0 Å². The second kappa shape index (κ2) is 5.47. The molecule has 0 radical (unpaired) electrons. The van der Waals surface area contributed by atoms with Crippen molar-refractivity contribution < 1.29 is 18.7 Å². The lowest BCUT2D eigenvalue weighted by Gasteiger charge is -2.26. The molecule has 4 nitrogen and oxygen atoms in total. The third kappa shape index (κ3) is 3.40. The molecule has 1 heterocycles. The number of rotatable bonds is 2. The highest BCUT2D eigenvalue weighted by Gasteiger charge is 2.42. The largest absolute Gasteiger partial charge is 0.444 e. The number of ether oxygens (including phenoxy) is 1. The predicted octanol–water partition coefficient (Wildman–Crippen LogP) is 2.90. The summed E-state index contributed by atoms with van der Waals surface area (Å²) in [5, 5.41) is 0. The van der Waals surface area contributed by atoms with Gasteiger partial charge in [-0.15, -0.1) is 0 Å². The van der Waals surface area contributed by atoms with E-state index >= 15 is 0 Å². The van der Waals surface area contributed by atoms with E-state index in [4.69, 9.17) is 4.74 Å². The number of carbonyl (C=O) groups is 2. The number of likely N-dealkylation sites (tertiary alicyclic amines) is 1. The van der Waals surface area contributed by atoms with E-state index in [1.807, 2.05) is 0 Å². The van der Waals surface area contributed by atoms with Crippen LogP contribution in [0.25, 0.3) is 0 Å². The summed E-state index contributed by atoms with van der Waals surface area (Å²) in [4.78, 5) is 25.2. The molecular formula is C16H20FNO3. The number of aldehydes is 1.